The number of nitrogens with zero attached hydrogens (tertiary/aromatic N) is 1. The SMILES string of the molecule is N#CCOc1ccc(NC(=O)c2ccc(NC(=O)C3CC3)cc2)cc1. The van der Waals surface area contributed by atoms with E-state index in [0.717, 1.165) is 12.8 Å². The largest absolute Gasteiger partial charge is 0.479 e. The molecular weight excluding hydrogens is 318 g/mol. The molecule has 2 amide bonds. The molecule has 2 N–H and O–H groups in total. The molecule has 6 heteroatoms. The highest BCUT2D eigenvalue weighted by Gasteiger charge is 2.29. The maximum absolute atomic E-state index is 12.3. The Morgan fingerprint density at radius 2 is 1.60 bits per heavy atom. The maximum Gasteiger partial charge on any atom is 0.255 e. The Labute approximate surface area is 145 Å². The van der Waals surface area contributed by atoms with E-state index in [9.17, 15) is 9.59 Å². The molecule has 126 valence electrons. The minimum absolute atomic E-state index is 0.0185. The van der Waals surface area contributed by atoms with Crippen molar-refractivity contribution in [1.29, 1.82) is 5.26 Å². The molecule has 1 aliphatic rings. The van der Waals surface area contributed by atoms with Crippen molar-refractivity contribution in [2.45, 2.75) is 12.8 Å². The van der Waals surface area contributed by atoms with Crippen LogP contribution < -0.4 is 15.4 Å². The molecule has 6 nitrogen and oxygen atoms in total. The zero-order valence-corrected chi connectivity index (χ0v) is 13.5. The van der Waals surface area contributed by atoms with E-state index < -0.39 is 0 Å². The predicted octanol–water partition coefficient (Wildman–Crippen LogP) is 3.19. The van der Waals surface area contributed by atoms with Crippen LogP contribution in [-0.4, -0.2) is 18.4 Å². The molecular formula is C19H17N3O3. The number of nitriles is 1. The topological polar surface area (TPSA) is 91.2 Å². The Hall–Kier alpha value is -3.33. The number of carbonyl (C=O) groups excluding carboxylic acids is 2. The Balaban J connectivity index is 1.57. The summed E-state index contributed by atoms with van der Waals surface area (Å²) < 4.78 is 5.16. The molecule has 0 heterocycles. The summed E-state index contributed by atoms with van der Waals surface area (Å²) in [4.78, 5) is 24.0. The number of hydrogen-bond acceptors (Lipinski definition) is 4. The summed E-state index contributed by atoms with van der Waals surface area (Å²) in [6.07, 6.45) is 1.90. The van der Waals surface area contributed by atoms with Crippen molar-refractivity contribution in [2.24, 2.45) is 5.92 Å². The van der Waals surface area contributed by atoms with Crippen LogP contribution >= 0.6 is 0 Å². The molecule has 2 aromatic rings. The van der Waals surface area contributed by atoms with Gasteiger partial charge in [0.25, 0.3) is 5.91 Å². The number of benzene rings is 2. The first kappa shape index (κ1) is 16.5. The van der Waals surface area contributed by atoms with Gasteiger partial charge in [-0.05, 0) is 61.4 Å². The third-order valence-corrected chi connectivity index (χ3v) is 3.78. The first-order chi connectivity index (χ1) is 12.2. The van der Waals surface area contributed by atoms with Gasteiger partial charge in [-0.25, -0.2) is 0 Å². The molecule has 0 radical (unpaired) electrons. The second kappa shape index (κ2) is 7.49. The Morgan fingerprint density at radius 3 is 2.20 bits per heavy atom. The third-order valence-electron chi connectivity index (χ3n) is 3.78. The second-order valence-corrected chi connectivity index (χ2v) is 5.77. The summed E-state index contributed by atoms with van der Waals surface area (Å²) in [5.41, 5.74) is 1.81. The predicted molar refractivity (Wildman–Crippen MR) is 93.3 cm³/mol. The van der Waals surface area contributed by atoms with Crippen molar-refractivity contribution in [2.75, 3.05) is 17.2 Å². The van der Waals surface area contributed by atoms with E-state index in [0.29, 0.717) is 22.7 Å². The van der Waals surface area contributed by atoms with Crippen LogP contribution in [0.4, 0.5) is 11.4 Å². The van der Waals surface area contributed by atoms with Gasteiger partial charge in [-0.2, -0.15) is 5.26 Å². The smallest absolute Gasteiger partial charge is 0.255 e. The van der Waals surface area contributed by atoms with Gasteiger partial charge in [0, 0.05) is 22.9 Å². The van der Waals surface area contributed by atoms with Crippen LogP contribution in [0.1, 0.15) is 23.2 Å². The summed E-state index contributed by atoms with van der Waals surface area (Å²) in [6, 6.07) is 15.4. The molecule has 0 spiro atoms. The van der Waals surface area contributed by atoms with Gasteiger partial charge in [0.2, 0.25) is 5.91 Å². The quantitative estimate of drug-likeness (QED) is 0.848. The second-order valence-electron chi connectivity index (χ2n) is 5.77. The lowest BCUT2D eigenvalue weighted by atomic mass is 10.2. The number of carbonyl (C=O) groups is 2. The van der Waals surface area contributed by atoms with Crippen LogP contribution in [0.25, 0.3) is 0 Å². The summed E-state index contributed by atoms with van der Waals surface area (Å²) in [5.74, 6) is 0.500. The van der Waals surface area contributed by atoms with Gasteiger partial charge in [0.05, 0.1) is 0 Å². The highest BCUT2D eigenvalue weighted by molar-refractivity contribution is 6.04. The molecule has 1 fully saturated rings. The van der Waals surface area contributed by atoms with Crippen LogP contribution in [0.5, 0.6) is 5.75 Å². The van der Waals surface area contributed by atoms with Crippen LogP contribution in [-0.2, 0) is 4.79 Å². The van der Waals surface area contributed by atoms with Crippen LogP contribution in [0.15, 0.2) is 48.5 Å². The molecule has 3 rings (SSSR count). The number of nitrogens with one attached hydrogen (secondary N) is 2. The van der Waals surface area contributed by atoms with E-state index in [1.807, 2.05) is 6.07 Å². The van der Waals surface area contributed by atoms with Gasteiger partial charge < -0.3 is 15.4 Å². The average molecular weight is 335 g/mol. The average Bonchev–Trinajstić information content (AvgIpc) is 3.47. The van der Waals surface area contributed by atoms with E-state index in [1.165, 1.54) is 0 Å². The van der Waals surface area contributed by atoms with Crippen molar-refractivity contribution < 1.29 is 14.3 Å². The van der Waals surface area contributed by atoms with E-state index in [4.69, 9.17) is 10.00 Å². The third kappa shape index (κ3) is 4.58. The Morgan fingerprint density at radius 1 is 1.00 bits per heavy atom. The number of rotatable bonds is 6. The number of amides is 2. The fourth-order valence-corrected chi connectivity index (χ4v) is 2.25. The van der Waals surface area contributed by atoms with Crippen LogP contribution in [0.3, 0.4) is 0 Å². The van der Waals surface area contributed by atoms with Crippen LogP contribution in [0, 0.1) is 17.2 Å². The van der Waals surface area contributed by atoms with Gasteiger partial charge in [0.1, 0.15) is 11.8 Å². The minimum atomic E-state index is -0.245. The van der Waals surface area contributed by atoms with E-state index in [2.05, 4.69) is 10.6 Å². The first-order valence-corrected chi connectivity index (χ1v) is 7.98. The van der Waals surface area contributed by atoms with Gasteiger partial charge in [-0.15, -0.1) is 0 Å². The lowest BCUT2D eigenvalue weighted by molar-refractivity contribution is -0.117. The molecule has 0 atom stereocenters. The van der Waals surface area contributed by atoms with Gasteiger partial charge >= 0.3 is 0 Å². The highest BCUT2D eigenvalue weighted by atomic mass is 16.5. The van der Waals surface area contributed by atoms with Gasteiger partial charge in [-0.1, -0.05) is 0 Å². The van der Waals surface area contributed by atoms with Crippen molar-refractivity contribution in [1.82, 2.24) is 0 Å². The zero-order valence-electron chi connectivity index (χ0n) is 13.5. The molecule has 25 heavy (non-hydrogen) atoms. The highest BCUT2D eigenvalue weighted by Crippen LogP contribution is 2.30. The van der Waals surface area contributed by atoms with E-state index in [1.54, 1.807) is 48.5 Å². The van der Waals surface area contributed by atoms with Gasteiger partial charge in [0.15, 0.2) is 6.61 Å². The Bertz CT molecular complexity index is 803. The molecule has 1 saturated carbocycles. The normalized spacial score (nSPS) is 12.8. The standard InChI is InChI=1S/C19H17N3O3/c20-11-12-25-17-9-7-16(8-10-17)22-19(24)14-3-5-15(6-4-14)21-18(23)13-1-2-13/h3-10,13H,1-2,12H2,(H,21,23)(H,22,24). The lowest BCUT2D eigenvalue weighted by Crippen LogP contribution is -2.14. The fourth-order valence-electron chi connectivity index (χ4n) is 2.25. The van der Waals surface area contributed by atoms with Crippen molar-refractivity contribution in [3.05, 3.63) is 54.1 Å². The zero-order chi connectivity index (χ0) is 17.6. The molecule has 0 unspecified atom stereocenters. The molecule has 2 aromatic carbocycles. The first-order valence-electron chi connectivity index (χ1n) is 7.98. The molecule has 0 saturated heterocycles. The van der Waals surface area contributed by atoms with Crippen LogP contribution in [0.2, 0.25) is 0 Å². The number of ether oxygens (including phenoxy) is 1. The number of hydrogen-bond donors (Lipinski definition) is 2. The number of anilines is 2. The molecule has 0 aromatic heterocycles. The summed E-state index contributed by atoms with van der Waals surface area (Å²) in [6.45, 7) is -0.0185. The lowest BCUT2D eigenvalue weighted by Gasteiger charge is -2.08. The summed E-state index contributed by atoms with van der Waals surface area (Å²) in [7, 11) is 0. The molecule has 0 aliphatic heterocycles. The van der Waals surface area contributed by atoms with Crippen molar-refractivity contribution in [3.63, 3.8) is 0 Å². The monoisotopic (exact) mass is 335 g/mol. The summed E-state index contributed by atoms with van der Waals surface area (Å²) >= 11 is 0. The summed E-state index contributed by atoms with van der Waals surface area (Å²) in [5, 5.41) is 14.1. The molecule has 1 aliphatic carbocycles. The van der Waals surface area contributed by atoms with E-state index >= 15 is 0 Å². The van der Waals surface area contributed by atoms with Crippen molar-refractivity contribution >= 4 is 23.2 Å². The van der Waals surface area contributed by atoms with Gasteiger partial charge in [-0.3, -0.25) is 9.59 Å². The minimum Gasteiger partial charge on any atom is -0.479 e. The van der Waals surface area contributed by atoms with Crippen molar-refractivity contribution in [3.8, 4) is 11.8 Å². The molecule has 0 bridgehead atoms. The Kier molecular flexibility index (Phi) is 4.95. The fraction of sp³-hybridized carbons (Fsp3) is 0.211. The van der Waals surface area contributed by atoms with E-state index in [-0.39, 0.29) is 24.3 Å². The maximum atomic E-state index is 12.3.